The van der Waals surface area contributed by atoms with E-state index in [2.05, 4.69) is 15.0 Å². The lowest BCUT2D eigenvalue weighted by Gasteiger charge is -2.34. The summed E-state index contributed by atoms with van der Waals surface area (Å²) in [7, 11) is 0. The van der Waals surface area contributed by atoms with Crippen LogP contribution in [0.5, 0.6) is 0 Å². The number of carbonyl (C=O) groups excluding carboxylic acids is 1. The Balaban J connectivity index is 1.85. The number of aryl methyl sites for hydroxylation is 1. The van der Waals surface area contributed by atoms with Crippen LogP contribution in [0.3, 0.4) is 0 Å². The Labute approximate surface area is 142 Å². The number of aromatic nitrogens is 3. The number of aliphatic carboxylic acids is 1. The number of ether oxygens (including phenoxy) is 1. The summed E-state index contributed by atoms with van der Waals surface area (Å²) in [6, 6.07) is 1.71. The zero-order chi connectivity index (χ0) is 17.3. The summed E-state index contributed by atoms with van der Waals surface area (Å²) < 4.78 is 5.34. The number of amides is 1. The minimum atomic E-state index is -1.07. The van der Waals surface area contributed by atoms with Crippen molar-refractivity contribution in [1.82, 2.24) is 19.9 Å². The van der Waals surface area contributed by atoms with E-state index in [9.17, 15) is 9.59 Å². The van der Waals surface area contributed by atoms with E-state index in [1.807, 2.05) is 0 Å². The summed E-state index contributed by atoms with van der Waals surface area (Å²) in [5.41, 5.74) is 0.582. The fourth-order valence-electron chi connectivity index (χ4n) is 2.50. The molecule has 1 amide bonds. The molecule has 1 fully saturated rings. The third kappa shape index (κ3) is 3.26. The van der Waals surface area contributed by atoms with Crippen molar-refractivity contribution in [2.75, 3.05) is 13.1 Å². The maximum Gasteiger partial charge on any atom is 0.334 e. The summed E-state index contributed by atoms with van der Waals surface area (Å²) >= 11 is 1.21. The number of morpholine rings is 1. The van der Waals surface area contributed by atoms with Crippen molar-refractivity contribution in [3.05, 3.63) is 29.0 Å². The second-order valence-electron chi connectivity index (χ2n) is 5.49. The lowest BCUT2D eigenvalue weighted by atomic mass is 10.2. The quantitative estimate of drug-likeness (QED) is 0.889. The van der Waals surface area contributed by atoms with E-state index >= 15 is 0 Å². The van der Waals surface area contributed by atoms with Gasteiger partial charge < -0.3 is 14.7 Å². The molecule has 126 valence electrons. The van der Waals surface area contributed by atoms with Crippen LogP contribution < -0.4 is 0 Å². The first kappa shape index (κ1) is 16.5. The molecular formula is C15H16N4O4S. The Bertz CT molecular complexity index is 764. The molecule has 3 rings (SSSR count). The molecule has 0 bridgehead atoms. The molecule has 0 radical (unpaired) electrons. The molecule has 2 atom stereocenters. The number of carbonyl (C=O) groups is 2. The topological polar surface area (TPSA) is 106 Å². The molecule has 1 saturated heterocycles. The van der Waals surface area contributed by atoms with Crippen LogP contribution >= 0.6 is 11.3 Å². The zero-order valence-electron chi connectivity index (χ0n) is 13.2. The summed E-state index contributed by atoms with van der Waals surface area (Å²) in [5, 5.41) is 9.71. The van der Waals surface area contributed by atoms with Crippen molar-refractivity contribution in [2.24, 2.45) is 0 Å². The lowest BCUT2D eigenvalue weighted by molar-refractivity contribution is -0.160. The highest BCUT2D eigenvalue weighted by atomic mass is 32.1. The molecule has 8 nitrogen and oxygen atoms in total. The van der Waals surface area contributed by atoms with E-state index in [4.69, 9.17) is 9.84 Å². The van der Waals surface area contributed by atoms with Gasteiger partial charge in [0.05, 0.1) is 18.3 Å². The molecule has 2 aromatic heterocycles. The van der Waals surface area contributed by atoms with Crippen molar-refractivity contribution in [3.8, 4) is 10.8 Å². The first-order valence-electron chi connectivity index (χ1n) is 7.38. The van der Waals surface area contributed by atoms with Gasteiger partial charge in [0.15, 0.2) is 16.9 Å². The van der Waals surface area contributed by atoms with Gasteiger partial charge in [0.25, 0.3) is 5.91 Å². The Morgan fingerprint density at radius 3 is 2.71 bits per heavy atom. The van der Waals surface area contributed by atoms with Crippen LogP contribution in [0.1, 0.15) is 22.3 Å². The minimum Gasteiger partial charge on any atom is -0.479 e. The molecular weight excluding hydrogens is 332 g/mol. The van der Waals surface area contributed by atoms with Gasteiger partial charge in [-0.1, -0.05) is 0 Å². The number of rotatable bonds is 3. The number of hydrogen-bond donors (Lipinski definition) is 1. The summed E-state index contributed by atoms with van der Waals surface area (Å²) in [5.74, 6) is -0.851. The Morgan fingerprint density at radius 1 is 1.33 bits per heavy atom. The molecule has 2 aromatic rings. The molecule has 3 heterocycles. The third-order valence-corrected chi connectivity index (χ3v) is 4.71. The highest BCUT2D eigenvalue weighted by Crippen LogP contribution is 2.27. The second kappa shape index (κ2) is 6.62. The maximum atomic E-state index is 12.8. The van der Waals surface area contributed by atoms with Crippen LogP contribution in [0.2, 0.25) is 0 Å². The number of thiazole rings is 1. The molecule has 9 heteroatoms. The van der Waals surface area contributed by atoms with E-state index in [1.54, 1.807) is 32.3 Å². The molecule has 0 spiro atoms. The first-order valence-corrected chi connectivity index (χ1v) is 8.19. The standard InChI is InChI=1S/C15H16N4O4S/c1-8-6-19(7-10(23-8)15(21)22)14(20)11-9(2)18-13(24-11)12-16-4-3-5-17-12/h3-5,8,10H,6-7H2,1-2H3,(H,21,22)/t8-,10?/m1/s1. The molecule has 1 unspecified atom stereocenters. The van der Waals surface area contributed by atoms with Gasteiger partial charge in [0.2, 0.25) is 0 Å². The lowest BCUT2D eigenvalue weighted by Crippen LogP contribution is -2.51. The molecule has 1 aliphatic rings. The maximum absolute atomic E-state index is 12.8. The third-order valence-electron chi connectivity index (χ3n) is 3.57. The van der Waals surface area contributed by atoms with Crippen LogP contribution in [0.15, 0.2) is 18.5 Å². The zero-order valence-corrected chi connectivity index (χ0v) is 14.0. The molecule has 1 N–H and O–H groups in total. The summed E-state index contributed by atoms with van der Waals surface area (Å²) in [6.07, 6.45) is 1.88. The number of nitrogens with zero attached hydrogens (tertiary/aromatic N) is 4. The average molecular weight is 348 g/mol. The van der Waals surface area contributed by atoms with Gasteiger partial charge in [0, 0.05) is 18.9 Å². The Hall–Kier alpha value is -2.39. The molecule has 0 aromatic carbocycles. The van der Waals surface area contributed by atoms with Gasteiger partial charge in [0.1, 0.15) is 4.88 Å². The van der Waals surface area contributed by atoms with E-state index < -0.39 is 12.1 Å². The van der Waals surface area contributed by atoms with Crippen LogP contribution in [0, 0.1) is 6.92 Å². The second-order valence-corrected chi connectivity index (χ2v) is 6.49. The highest BCUT2D eigenvalue weighted by Gasteiger charge is 2.34. The summed E-state index contributed by atoms with van der Waals surface area (Å²) in [6.45, 7) is 3.86. The smallest absolute Gasteiger partial charge is 0.334 e. The number of hydrogen-bond acceptors (Lipinski definition) is 7. The number of carboxylic acid groups (broad SMARTS) is 1. The van der Waals surface area contributed by atoms with Crippen LogP contribution in [-0.2, 0) is 9.53 Å². The van der Waals surface area contributed by atoms with Crippen molar-refractivity contribution >= 4 is 23.2 Å². The van der Waals surface area contributed by atoms with Crippen molar-refractivity contribution in [1.29, 1.82) is 0 Å². The van der Waals surface area contributed by atoms with Gasteiger partial charge in [-0.3, -0.25) is 4.79 Å². The summed E-state index contributed by atoms with van der Waals surface area (Å²) in [4.78, 5) is 38.6. The van der Waals surface area contributed by atoms with Crippen LogP contribution in [0.4, 0.5) is 0 Å². The van der Waals surface area contributed by atoms with Crippen molar-refractivity contribution in [2.45, 2.75) is 26.1 Å². The van der Waals surface area contributed by atoms with Gasteiger partial charge in [-0.05, 0) is 19.9 Å². The van der Waals surface area contributed by atoms with Gasteiger partial charge >= 0.3 is 5.97 Å². The van der Waals surface area contributed by atoms with Crippen LogP contribution in [-0.4, -0.2) is 62.1 Å². The largest absolute Gasteiger partial charge is 0.479 e. The fraction of sp³-hybridized carbons (Fsp3) is 0.400. The molecule has 0 saturated carbocycles. The number of carboxylic acids is 1. The average Bonchev–Trinajstić information content (AvgIpc) is 2.96. The van der Waals surface area contributed by atoms with Gasteiger partial charge in [-0.25, -0.2) is 19.7 Å². The Kier molecular flexibility index (Phi) is 4.54. The minimum absolute atomic E-state index is 0.0209. The highest BCUT2D eigenvalue weighted by molar-refractivity contribution is 7.17. The van der Waals surface area contributed by atoms with Crippen LogP contribution in [0.25, 0.3) is 10.8 Å². The van der Waals surface area contributed by atoms with Gasteiger partial charge in [-0.15, -0.1) is 11.3 Å². The predicted molar refractivity (Wildman–Crippen MR) is 85.8 cm³/mol. The predicted octanol–water partition coefficient (Wildman–Crippen LogP) is 1.22. The Morgan fingerprint density at radius 2 is 2.04 bits per heavy atom. The fourth-order valence-corrected chi connectivity index (χ4v) is 3.48. The normalized spacial score (nSPS) is 20.8. The van der Waals surface area contributed by atoms with E-state index in [1.165, 1.54) is 16.2 Å². The van der Waals surface area contributed by atoms with Crippen molar-refractivity contribution in [3.63, 3.8) is 0 Å². The molecule has 1 aliphatic heterocycles. The van der Waals surface area contributed by atoms with E-state index in [-0.39, 0.29) is 18.6 Å². The monoisotopic (exact) mass is 348 g/mol. The molecule has 24 heavy (non-hydrogen) atoms. The van der Waals surface area contributed by atoms with E-state index in [0.29, 0.717) is 27.9 Å². The SMILES string of the molecule is Cc1nc(-c2ncccn2)sc1C(=O)N1CC(C(=O)O)O[C@H](C)C1. The van der Waals surface area contributed by atoms with Gasteiger partial charge in [-0.2, -0.15) is 0 Å². The van der Waals surface area contributed by atoms with Crippen molar-refractivity contribution < 1.29 is 19.4 Å². The molecule has 0 aliphatic carbocycles. The van der Waals surface area contributed by atoms with E-state index in [0.717, 1.165) is 0 Å². The first-order chi connectivity index (χ1) is 11.5.